The van der Waals surface area contributed by atoms with Crippen molar-refractivity contribution in [2.75, 3.05) is 12.8 Å². The van der Waals surface area contributed by atoms with Crippen molar-refractivity contribution in [3.05, 3.63) is 45.4 Å². The number of nitrogens with zero attached hydrogens (tertiary/aromatic N) is 1. The Labute approximate surface area is 127 Å². The fraction of sp³-hybridized carbons (Fsp3) is 0.357. The van der Waals surface area contributed by atoms with Crippen LogP contribution in [0.3, 0.4) is 0 Å². The first-order valence-corrected chi connectivity index (χ1v) is 8.38. The molecular formula is C14H17ClN2S2. The molecule has 2 aromatic rings. The van der Waals surface area contributed by atoms with E-state index in [1.54, 1.807) is 11.3 Å². The predicted molar refractivity (Wildman–Crippen MR) is 85.6 cm³/mol. The maximum atomic E-state index is 5.88. The first-order valence-electron chi connectivity index (χ1n) is 6.14. The average molecular weight is 313 g/mol. The van der Waals surface area contributed by atoms with E-state index in [9.17, 15) is 0 Å². The van der Waals surface area contributed by atoms with Gasteiger partial charge in [-0.3, -0.25) is 0 Å². The molecule has 2 rings (SSSR count). The van der Waals surface area contributed by atoms with Crippen LogP contribution < -0.4 is 5.32 Å². The molecule has 0 saturated heterocycles. The zero-order chi connectivity index (χ0) is 13.7. The summed E-state index contributed by atoms with van der Waals surface area (Å²) in [6, 6.07) is 8.42. The monoisotopic (exact) mass is 312 g/mol. The lowest BCUT2D eigenvalue weighted by Crippen LogP contribution is -2.30. The molecule has 1 unspecified atom stereocenters. The van der Waals surface area contributed by atoms with Crippen molar-refractivity contribution in [2.45, 2.75) is 24.3 Å². The van der Waals surface area contributed by atoms with Crippen LogP contribution >= 0.6 is 34.7 Å². The molecule has 1 aromatic heterocycles. The van der Waals surface area contributed by atoms with E-state index in [-0.39, 0.29) is 0 Å². The maximum Gasteiger partial charge on any atom is 0.0897 e. The highest BCUT2D eigenvalue weighted by Gasteiger charge is 2.10. The van der Waals surface area contributed by atoms with Gasteiger partial charge in [0, 0.05) is 33.5 Å². The number of halogens is 1. The number of likely N-dealkylation sites (N-methyl/N-ethyl adjacent to an activating group) is 1. The van der Waals surface area contributed by atoms with E-state index in [1.807, 2.05) is 37.9 Å². The molecule has 0 saturated carbocycles. The third-order valence-electron chi connectivity index (χ3n) is 2.80. The molecule has 0 aliphatic carbocycles. The van der Waals surface area contributed by atoms with E-state index in [4.69, 9.17) is 11.6 Å². The highest BCUT2D eigenvalue weighted by atomic mass is 35.5. The quantitative estimate of drug-likeness (QED) is 0.815. The SMILES string of the molecule is CNC(CSc1ccc(Cl)cc1)Cc1csc(C)n1. The van der Waals surface area contributed by atoms with Crippen molar-refractivity contribution in [1.82, 2.24) is 10.3 Å². The Hall–Kier alpha value is -0.550. The fourth-order valence-corrected chi connectivity index (χ4v) is 3.48. The largest absolute Gasteiger partial charge is 0.316 e. The third-order valence-corrected chi connectivity index (χ3v) is 5.04. The molecule has 102 valence electrons. The number of thioether (sulfide) groups is 1. The molecule has 0 radical (unpaired) electrons. The zero-order valence-corrected chi connectivity index (χ0v) is 13.4. The van der Waals surface area contributed by atoms with Gasteiger partial charge < -0.3 is 5.32 Å². The van der Waals surface area contributed by atoms with E-state index < -0.39 is 0 Å². The van der Waals surface area contributed by atoms with Crippen LogP contribution in [-0.4, -0.2) is 23.8 Å². The van der Waals surface area contributed by atoms with Gasteiger partial charge in [-0.05, 0) is 38.2 Å². The number of hydrogen-bond donors (Lipinski definition) is 1. The first-order chi connectivity index (χ1) is 9.17. The van der Waals surface area contributed by atoms with Gasteiger partial charge in [0.2, 0.25) is 0 Å². The number of rotatable bonds is 6. The average Bonchev–Trinajstić information content (AvgIpc) is 2.82. The summed E-state index contributed by atoms with van der Waals surface area (Å²) in [5, 5.41) is 7.42. The van der Waals surface area contributed by atoms with Crippen LogP contribution in [0.4, 0.5) is 0 Å². The molecule has 5 heteroatoms. The van der Waals surface area contributed by atoms with E-state index in [0.717, 1.165) is 22.2 Å². The Morgan fingerprint density at radius 2 is 2.11 bits per heavy atom. The van der Waals surface area contributed by atoms with Crippen LogP contribution in [0.15, 0.2) is 34.5 Å². The Bertz CT molecular complexity index is 510. The topological polar surface area (TPSA) is 24.9 Å². The van der Waals surface area contributed by atoms with Gasteiger partial charge in [0.05, 0.1) is 10.7 Å². The van der Waals surface area contributed by atoms with Crippen molar-refractivity contribution in [2.24, 2.45) is 0 Å². The second-order valence-electron chi connectivity index (χ2n) is 4.31. The Balaban J connectivity index is 1.87. The number of hydrogen-bond acceptors (Lipinski definition) is 4. The zero-order valence-electron chi connectivity index (χ0n) is 11.0. The van der Waals surface area contributed by atoms with Gasteiger partial charge in [0.1, 0.15) is 0 Å². The molecule has 0 bridgehead atoms. The van der Waals surface area contributed by atoms with Crippen molar-refractivity contribution < 1.29 is 0 Å². The van der Waals surface area contributed by atoms with Gasteiger partial charge in [-0.15, -0.1) is 23.1 Å². The minimum absolute atomic E-state index is 0.433. The summed E-state index contributed by atoms with van der Waals surface area (Å²) in [6.45, 7) is 2.05. The molecule has 0 aliphatic rings. The highest BCUT2D eigenvalue weighted by Crippen LogP contribution is 2.22. The first kappa shape index (κ1) is 14.9. The summed E-state index contributed by atoms with van der Waals surface area (Å²) in [7, 11) is 2.01. The van der Waals surface area contributed by atoms with Gasteiger partial charge >= 0.3 is 0 Å². The lowest BCUT2D eigenvalue weighted by Gasteiger charge is -2.14. The predicted octanol–water partition coefficient (Wildman–Crippen LogP) is 4.03. The van der Waals surface area contributed by atoms with Crippen LogP contribution in [0.1, 0.15) is 10.7 Å². The molecule has 1 atom stereocenters. The summed E-state index contributed by atoms with van der Waals surface area (Å²) in [5.74, 6) is 1.02. The lowest BCUT2D eigenvalue weighted by molar-refractivity contribution is 0.610. The molecular weight excluding hydrogens is 296 g/mol. The van der Waals surface area contributed by atoms with Gasteiger partial charge in [-0.2, -0.15) is 0 Å². The van der Waals surface area contributed by atoms with Gasteiger partial charge in [0.15, 0.2) is 0 Å². The fourth-order valence-electron chi connectivity index (χ4n) is 1.73. The Morgan fingerprint density at radius 3 is 2.68 bits per heavy atom. The van der Waals surface area contributed by atoms with Crippen molar-refractivity contribution in [1.29, 1.82) is 0 Å². The molecule has 1 N–H and O–H groups in total. The second kappa shape index (κ2) is 7.29. The van der Waals surface area contributed by atoms with Gasteiger partial charge in [-0.1, -0.05) is 11.6 Å². The van der Waals surface area contributed by atoms with Crippen LogP contribution in [0.25, 0.3) is 0 Å². The van der Waals surface area contributed by atoms with E-state index >= 15 is 0 Å². The number of aryl methyl sites for hydroxylation is 1. The minimum atomic E-state index is 0.433. The van der Waals surface area contributed by atoms with E-state index in [2.05, 4.69) is 27.8 Å². The van der Waals surface area contributed by atoms with E-state index in [1.165, 1.54) is 10.6 Å². The Morgan fingerprint density at radius 1 is 1.37 bits per heavy atom. The summed E-state index contributed by atoms with van der Waals surface area (Å²) >= 11 is 9.44. The van der Waals surface area contributed by atoms with Crippen molar-refractivity contribution in [3.8, 4) is 0 Å². The molecule has 0 aliphatic heterocycles. The molecule has 0 spiro atoms. The second-order valence-corrected chi connectivity index (χ2v) is 6.90. The summed E-state index contributed by atoms with van der Waals surface area (Å²) in [6.07, 6.45) is 0.974. The van der Waals surface area contributed by atoms with E-state index in [0.29, 0.717) is 6.04 Å². The van der Waals surface area contributed by atoms with Crippen LogP contribution in [-0.2, 0) is 6.42 Å². The highest BCUT2D eigenvalue weighted by molar-refractivity contribution is 7.99. The van der Waals surface area contributed by atoms with Crippen LogP contribution in [0.2, 0.25) is 5.02 Å². The molecule has 2 nitrogen and oxygen atoms in total. The standard InChI is InChI=1S/C14H17ClN2S2/c1-10-17-13(9-18-10)7-12(16-2)8-19-14-5-3-11(15)4-6-14/h3-6,9,12,16H,7-8H2,1-2H3. The minimum Gasteiger partial charge on any atom is -0.316 e. The van der Waals surface area contributed by atoms with Crippen molar-refractivity contribution in [3.63, 3.8) is 0 Å². The van der Waals surface area contributed by atoms with Gasteiger partial charge in [0.25, 0.3) is 0 Å². The smallest absolute Gasteiger partial charge is 0.0897 e. The Kier molecular flexibility index (Phi) is 5.70. The molecule has 1 heterocycles. The van der Waals surface area contributed by atoms with Crippen molar-refractivity contribution >= 4 is 34.7 Å². The summed E-state index contributed by atoms with van der Waals surface area (Å²) in [4.78, 5) is 5.77. The summed E-state index contributed by atoms with van der Waals surface area (Å²) in [5.41, 5.74) is 1.18. The van der Waals surface area contributed by atoms with Gasteiger partial charge in [-0.25, -0.2) is 4.98 Å². The molecule has 0 fully saturated rings. The summed E-state index contributed by atoms with van der Waals surface area (Å²) < 4.78 is 0. The number of nitrogens with one attached hydrogen (secondary N) is 1. The maximum absolute atomic E-state index is 5.88. The molecule has 19 heavy (non-hydrogen) atoms. The lowest BCUT2D eigenvalue weighted by atomic mass is 10.2. The normalized spacial score (nSPS) is 12.6. The number of thiazole rings is 1. The van der Waals surface area contributed by atoms with Crippen LogP contribution in [0, 0.1) is 6.92 Å². The number of benzene rings is 1. The molecule has 0 amide bonds. The number of aromatic nitrogens is 1. The van der Waals surface area contributed by atoms with Crippen LogP contribution in [0.5, 0.6) is 0 Å². The third kappa shape index (κ3) is 4.80. The molecule has 1 aromatic carbocycles.